The maximum Gasteiger partial charge on any atom is 0.255 e. The van der Waals surface area contributed by atoms with Gasteiger partial charge in [-0.25, -0.2) is 8.42 Å². The van der Waals surface area contributed by atoms with Gasteiger partial charge < -0.3 is 14.4 Å². The highest BCUT2D eigenvalue weighted by molar-refractivity contribution is 7.91. The number of amides is 1. The van der Waals surface area contributed by atoms with E-state index in [9.17, 15) is 13.2 Å². The Labute approximate surface area is 153 Å². The van der Waals surface area contributed by atoms with E-state index in [4.69, 9.17) is 9.47 Å². The number of ether oxygens (including phenoxy) is 2. The number of nitrogens with zero attached hydrogens (tertiary/aromatic N) is 1. The Morgan fingerprint density at radius 3 is 2.50 bits per heavy atom. The van der Waals surface area contributed by atoms with Gasteiger partial charge in [0.2, 0.25) is 0 Å². The summed E-state index contributed by atoms with van der Waals surface area (Å²) in [7, 11) is -1.86. The molecule has 1 aliphatic heterocycles. The quantitative estimate of drug-likeness (QED) is 0.802. The maximum atomic E-state index is 12.8. The van der Waals surface area contributed by atoms with Crippen molar-refractivity contribution in [2.75, 3.05) is 26.0 Å². The largest absolute Gasteiger partial charge is 0.486 e. The van der Waals surface area contributed by atoms with Crippen molar-refractivity contribution in [3.05, 3.63) is 54.1 Å². The van der Waals surface area contributed by atoms with E-state index in [0.717, 1.165) is 0 Å². The van der Waals surface area contributed by atoms with Crippen molar-refractivity contribution < 1.29 is 22.7 Å². The van der Waals surface area contributed by atoms with Crippen LogP contribution >= 0.6 is 0 Å². The molecule has 1 heterocycles. The number of hydrogen-bond donors (Lipinski definition) is 0. The van der Waals surface area contributed by atoms with Gasteiger partial charge in [-0.15, -0.1) is 0 Å². The molecule has 2 aromatic rings. The van der Waals surface area contributed by atoms with E-state index >= 15 is 0 Å². The van der Waals surface area contributed by atoms with Crippen LogP contribution in [0.4, 0.5) is 0 Å². The number of sulfone groups is 1. The zero-order valence-electron chi connectivity index (χ0n) is 14.7. The molecule has 0 bridgehead atoms. The Morgan fingerprint density at radius 2 is 1.77 bits per heavy atom. The van der Waals surface area contributed by atoms with Crippen molar-refractivity contribution in [2.24, 2.45) is 0 Å². The maximum absolute atomic E-state index is 12.8. The van der Waals surface area contributed by atoms with Gasteiger partial charge in [0.05, 0.1) is 22.8 Å². The van der Waals surface area contributed by atoms with Gasteiger partial charge in [0.25, 0.3) is 5.91 Å². The fourth-order valence-corrected chi connectivity index (χ4v) is 3.90. The number of rotatable bonds is 5. The van der Waals surface area contributed by atoms with Crippen molar-refractivity contribution >= 4 is 15.7 Å². The van der Waals surface area contributed by atoms with Crippen LogP contribution in [0.5, 0.6) is 11.5 Å². The Kier molecular flexibility index (Phi) is 5.18. The summed E-state index contributed by atoms with van der Waals surface area (Å²) >= 11 is 0. The van der Waals surface area contributed by atoms with E-state index in [0.29, 0.717) is 18.1 Å². The Bertz CT molecular complexity index is 910. The lowest BCUT2D eigenvalue weighted by molar-refractivity contribution is 0.0518. The zero-order chi connectivity index (χ0) is 18.7. The molecule has 1 atom stereocenters. The monoisotopic (exact) mass is 375 g/mol. The van der Waals surface area contributed by atoms with Crippen LogP contribution in [-0.4, -0.2) is 51.3 Å². The van der Waals surface area contributed by atoms with Gasteiger partial charge in [-0.05, 0) is 24.3 Å². The summed E-state index contributed by atoms with van der Waals surface area (Å²) in [6.07, 6.45) is -0.325. The van der Waals surface area contributed by atoms with E-state index in [1.807, 2.05) is 24.3 Å². The molecule has 7 heteroatoms. The normalized spacial score (nSPS) is 16.2. The minimum Gasteiger partial charge on any atom is -0.486 e. The van der Waals surface area contributed by atoms with Crippen LogP contribution in [0.15, 0.2) is 53.4 Å². The highest BCUT2D eigenvalue weighted by Gasteiger charge is 2.27. The number of likely N-dealkylation sites (N-methyl/N-ethyl adjacent to an activating group) is 1. The second kappa shape index (κ2) is 7.37. The van der Waals surface area contributed by atoms with Crippen molar-refractivity contribution in [3.8, 4) is 11.5 Å². The number of para-hydroxylation sites is 2. The van der Waals surface area contributed by atoms with Crippen LogP contribution in [0.25, 0.3) is 0 Å². The topological polar surface area (TPSA) is 72.9 Å². The van der Waals surface area contributed by atoms with Gasteiger partial charge in [-0.3, -0.25) is 4.79 Å². The molecule has 0 spiro atoms. The van der Waals surface area contributed by atoms with Crippen LogP contribution in [-0.2, 0) is 9.84 Å². The average molecular weight is 375 g/mol. The fraction of sp³-hybridized carbons (Fsp3) is 0.316. The lowest BCUT2D eigenvalue weighted by Crippen LogP contribution is -2.42. The lowest BCUT2D eigenvalue weighted by Gasteiger charge is -2.29. The molecule has 26 heavy (non-hydrogen) atoms. The van der Waals surface area contributed by atoms with E-state index < -0.39 is 9.84 Å². The number of carbonyl (C=O) groups is 1. The summed E-state index contributed by atoms with van der Waals surface area (Å²) in [6.45, 7) is 2.17. The SMILES string of the molecule is CCS(=O)(=O)c1ccccc1C(=O)N(C)CC1COc2ccccc2O1. The van der Waals surface area contributed by atoms with E-state index in [-0.39, 0.29) is 34.8 Å². The van der Waals surface area contributed by atoms with E-state index in [2.05, 4.69) is 0 Å². The third-order valence-electron chi connectivity index (χ3n) is 4.22. The van der Waals surface area contributed by atoms with Crippen LogP contribution in [0.3, 0.4) is 0 Å². The Balaban J connectivity index is 1.76. The average Bonchev–Trinajstić information content (AvgIpc) is 2.67. The van der Waals surface area contributed by atoms with Crippen LogP contribution in [0.2, 0.25) is 0 Å². The summed E-state index contributed by atoms with van der Waals surface area (Å²) in [4.78, 5) is 14.3. The molecule has 1 unspecified atom stereocenters. The molecule has 0 saturated heterocycles. The zero-order valence-corrected chi connectivity index (χ0v) is 15.5. The standard InChI is InChI=1S/C19H21NO5S/c1-3-26(22,23)18-11-7-4-8-15(18)19(21)20(2)12-14-13-24-16-9-5-6-10-17(16)25-14/h4-11,14H,3,12-13H2,1-2H3. The molecule has 0 aliphatic carbocycles. The van der Waals surface area contributed by atoms with Gasteiger partial charge in [-0.1, -0.05) is 31.2 Å². The van der Waals surface area contributed by atoms with Crippen molar-refractivity contribution in [2.45, 2.75) is 17.9 Å². The van der Waals surface area contributed by atoms with Crippen molar-refractivity contribution in [3.63, 3.8) is 0 Å². The van der Waals surface area contributed by atoms with Gasteiger partial charge >= 0.3 is 0 Å². The van der Waals surface area contributed by atoms with Gasteiger partial charge in [0.15, 0.2) is 27.4 Å². The number of benzene rings is 2. The highest BCUT2D eigenvalue weighted by Crippen LogP contribution is 2.31. The molecule has 0 saturated carbocycles. The smallest absolute Gasteiger partial charge is 0.255 e. The first-order chi connectivity index (χ1) is 12.4. The third-order valence-corrected chi connectivity index (χ3v) is 6.01. The molecule has 0 N–H and O–H groups in total. The molecule has 2 aromatic carbocycles. The summed E-state index contributed by atoms with van der Waals surface area (Å²) in [6, 6.07) is 13.6. The van der Waals surface area contributed by atoms with Crippen molar-refractivity contribution in [1.29, 1.82) is 0 Å². The van der Waals surface area contributed by atoms with Crippen LogP contribution < -0.4 is 9.47 Å². The third kappa shape index (κ3) is 3.67. The summed E-state index contributed by atoms with van der Waals surface area (Å²) in [5.41, 5.74) is 0.175. The number of hydrogen-bond acceptors (Lipinski definition) is 5. The van der Waals surface area contributed by atoms with Crippen LogP contribution in [0.1, 0.15) is 17.3 Å². The fourth-order valence-electron chi connectivity index (χ4n) is 2.82. The summed E-state index contributed by atoms with van der Waals surface area (Å²) in [5, 5.41) is 0. The molecule has 1 aliphatic rings. The predicted molar refractivity (Wildman–Crippen MR) is 97.5 cm³/mol. The van der Waals surface area contributed by atoms with Gasteiger partial charge in [-0.2, -0.15) is 0 Å². The lowest BCUT2D eigenvalue weighted by atomic mass is 10.2. The summed E-state index contributed by atoms with van der Waals surface area (Å²) < 4.78 is 36.1. The molecule has 0 fully saturated rings. The van der Waals surface area contributed by atoms with Crippen molar-refractivity contribution in [1.82, 2.24) is 4.90 Å². The first kappa shape index (κ1) is 18.3. The molecule has 0 aromatic heterocycles. The molecular formula is C19H21NO5S. The van der Waals surface area contributed by atoms with E-state index in [1.165, 1.54) is 17.0 Å². The minimum atomic E-state index is -3.48. The molecule has 1 amide bonds. The van der Waals surface area contributed by atoms with Crippen LogP contribution in [0, 0.1) is 0 Å². The second-order valence-electron chi connectivity index (χ2n) is 6.08. The summed E-state index contributed by atoms with van der Waals surface area (Å²) in [5.74, 6) is 0.896. The minimum absolute atomic E-state index is 0.0582. The van der Waals surface area contributed by atoms with Gasteiger partial charge in [0, 0.05) is 7.05 Å². The highest BCUT2D eigenvalue weighted by atomic mass is 32.2. The Hall–Kier alpha value is -2.54. The first-order valence-corrected chi connectivity index (χ1v) is 10.0. The number of carbonyl (C=O) groups excluding carboxylic acids is 1. The predicted octanol–water partition coefficient (Wildman–Crippen LogP) is 2.39. The molecular weight excluding hydrogens is 354 g/mol. The Morgan fingerprint density at radius 1 is 1.12 bits per heavy atom. The van der Waals surface area contributed by atoms with E-state index in [1.54, 1.807) is 26.1 Å². The first-order valence-electron chi connectivity index (χ1n) is 8.38. The van der Waals surface area contributed by atoms with Gasteiger partial charge in [0.1, 0.15) is 6.61 Å². The molecule has 6 nitrogen and oxygen atoms in total. The molecule has 3 rings (SSSR count). The number of fused-ring (bicyclic) bond motifs is 1. The second-order valence-corrected chi connectivity index (χ2v) is 8.33. The molecule has 0 radical (unpaired) electrons. The molecule has 138 valence electrons.